The maximum Gasteiger partial charge on any atom is 0.322 e. The lowest BCUT2D eigenvalue weighted by molar-refractivity contribution is 0.135. The minimum absolute atomic E-state index is 0.0763. The first-order chi connectivity index (χ1) is 18.1. The van der Waals surface area contributed by atoms with Crippen LogP contribution in [-0.2, 0) is 0 Å². The Balaban J connectivity index is 1.51. The van der Waals surface area contributed by atoms with E-state index < -0.39 is 0 Å². The normalized spacial score (nSPS) is 19.2. The predicted molar refractivity (Wildman–Crippen MR) is 151 cm³/mol. The van der Waals surface area contributed by atoms with Crippen LogP contribution in [0.2, 0.25) is 0 Å². The molecular formula is C30H43N5O2. The quantitative estimate of drug-likeness (QED) is 0.362. The number of rotatable bonds is 10. The summed E-state index contributed by atoms with van der Waals surface area (Å²) in [6.07, 6.45) is 9.37. The van der Waals surface area contributed by atoms with Crippen molar-refractivity contribution in [3.05, 3.63) is 60.7 Å². The number of anilines is 2. The van der Waals surface area contributed by atoms with Gasteiger partial charge in [-0.2, -0.15) is 0 Å². The fourth-order valence-corrected chi connectivity index (χ4v) is 5.90. The molecule has 0 bridgehead atoms. The summed E-state index contributed by atoms with van der Waals surface area (Å²) >= 11 is 0. The standard InChI is InChI=1S/C30H43N5O2/c1-2-34-20-12-19-27(34)23-35(30(37)33-26-17-10-5-11-18-26)28(21-24-13-6-3-7-14-24)22-31-29(36)32-25-15-8-4-9-16-25/h4-5,8-11,15-18,24,27-28H,2-3,6-7,12-14,19-23H2,1H3,(H,33,37)(H2,31,32,36)/t27-,28+/m0/s1. The Morgan fingerprint density at radius 3 is 2.19 bits per heavy atom. The van der Waals surface area contributed by atoms with Gasteiger partial charge in [0.05, 0.1) is 6.04 Å². The number of likely N-dealkylation sites (tertiary alicyclic amines) is 1. The Labute approximate surface area is 222 Å². The van der Waals surface area contributed by atoms with Crippen molar-refractivity contribution in [2.75, 3.05) is 36.8 Å². The Kier molecular flexibility index (Phi) is 10.2. The molecular weight excluding hydrogens is 462 g/mol. The van der Waals surface area contributed by atoms with Crippen LogP contribution in [0.15, 0.2) is 60.7 Å². The highest BCUT2D eigenvalue weighted by molar-refractivity contribution is 5.90. The van der Waals surface area contributed by atoms with E-state index in [9.17, 15) is 9.59 Å². The fourth-order valence-electron chi connectivity index (χ4n) is 5.90. The Morgan fingerprint density at radius 2 is 1.54 bits per heavy atom. The maximum atomic E-state index is 13.8. The van der Waals surface area contributed by atoms with Crippen LogP contribution >= 0.6 is 0 Å². The number of nitrogens with zero attached hydrogens (tertiary/aromatic N) is 2. The van der Waals surface area contributed by atoms with Crippen LogP contribution < -0.4 is 16.0 Å². The van der Waals surface area contributed by atoms with E-state index in [2.05, 4.69) is 27.8 Å². The summed E-state index contributed by atoms with van der Waals surface area (Å²) < 4.78 is 0. The Hall–Kier alpha value is -3.06. The molecule has 2 aromatic carbocycles. The largest absolute Gasteiger partial charge is 0.336 e. The molecule has 7 nitrogen and oxygen atoms in total. The summed E-state index contributed by atoms with van der Waals surface area (Å²) in [5.74, 6) is 0.579. The van der Waals surface area contributed by atoms with Crippen molar-refractivity contribution >= 4 is 23.4 Å². The van der Waals surface area contributed by atoms with E-state index in [1.165, 1.54) is 32.1 Å². The highest BCUT2D eigenvalue weighted by Gasteiger charge is 2.33. The molecule has 4 rings (SSSR count). The van der Waals surface area contributed by atoms with Crippen LogP contribution in [0.1, 0.15) is 58.3 Å². The van der Waals surface area contributed by atoms with Gasteiger partial charge in [0, 0.05) is 30.5 Å². The van der Waals surface area contributed by atoms with Crippen molar-refractivity contribution < 1.29 is 9.59 Å². The van der Waals surface area contributed by atoms with Crippen molar-refractivity contribution in [3.8, 4) is 0 Å². The minimum Gasteiger partial charge on any atom is -0.336 e. The lowest BCUT2D eigenvalue weighted by Gasteiger charge is -2.38. The molecule has 0 unspecified atom stereocenters. The van der Waals surface area contributed by atoms with Gasteiger partial charge in [0.2, 0.25) is 0 Å². The molecule has 1 saturated carbocycles. The van der Waals surface area contributed by atoms with Crippen LogP contribution in [0.25, 0.3) is 0 Å². The molecule has 200 valence electrons. The molecule has 2 aromatic rings. The van der Waals surface area contributed by atoms with Gasteiger partial charge < -0.3 is 20.9 Å². The van der Waals surface area contributed by atoms with E-state index in [4.69, 9.17) is 0 Å². The molecule has 1 saturated heterocycles. The van der Waals surface area contributed by atoms with Gasteiger partial charge in [-0.25, -0.2) is 9.59 Å². The average Bonchev–Trinajstić information content (AvgIpc) is 3.39. The van der Waals surface area contributed by atoms with Crippen LogP contribution in [0.3, 0.4) is 0 Å². The third-order valence-electron chi connectivity index (χ3n) is 7.90. The summed E-state index contributed by atoms with van der Waals surface area (Å²) in [6.45, 7) is 5.37. The summed E-state index contributed by atoms with van der Waals surface area (Å²) in [5, 5.41) is 9.14. The van der Waals surface area contributed by atoms with Gasteiger partial charge in [0.25, 0.3) is 0 Å². The third-order valence-corrected chi connectivity index (χ3v) is 7.90. The van der Waals surface area contributed by atoms with Crippen molar-refractivity contribution in [1.82, 2.24) is 15.1 Å². The number of urea groups is 2. The van der Waals surface area contributed by atoms with Gasteiger partial charge in [-0.1, -0.05) is 75.4 Å². The minimum atomic E-state index is -0.237. The van der Waals surface area contributed by atoms with Crippen molar-refractivity contribution in [2.45, 2.75) is 70.4 Å². The molecule has 1 aliphatic heterocycles. The van der Waals surface area contributed by atoms with E-state index in [1.54, 1.807) is 0 Å². The van der Waals surface area contributed by atoms with Crippen LogP contribution in [0.5, 0.6) is 0 Å². The number of benzene rings is 2. The number of para-hydroxylation sites is 2. The van der Waals surface area contributed by atoms with E-state index in [0.29, 0.717) is 25.0 Å². The second-order valence-electron chi connectivity index (χ2n) is 10.5. The van der Waals surface area contributed by atoms with Gasteiger partial charge in [-0.3, -0.25) is 4.90 Å². The third kappa shape index (κ3) is 8.22. The molecule has 1 heterocycles. The Bertz CT molecular complexity index is 964. The monoisotopic (exact) mass is 505 g/mol. The number of nitrogens with one attached hydrogen (secondary N) is 3. The number of hydrogen-bond acceptors (Lipinski definition) is 3. The lowest BCUT2D eigenvalue weighted by Crippen LogP contribution is -2.53. The van der Waals surface area contributed by atoms with E-state index >= 15 is 0 Å². The second-order valence-corrected chi connectivity index (χ2v) is 10.5. The second kappa shape index (κ2) is 14.0. The molecule has 4 amide bonds. The first kappa shape index (κ1) is 27.0. The van der Waals surface area contributed by atoms with Crippen LogP contribution in [0, 0.1) is 5.92 Å². The molecule has 7 heteroatoms. The predicted octanol–water partition coefficient (Wildman–Crippen LogP) is 6.17. The van der Waals surface area contributed by atoms with Gasteiger partial charge in [0.15, 0.2) is 0 Å². The first-order valence-corrected chi connectivity index (χ1v) is 14.1. The topological polar surface area (TPSA) is 76.7 Å². The molecule has 37 heavy (non-hydrogen) atoms. The highest BCUT2D eigenvalue weighted by atomic mass is 16.2. The van der Waals surface area contributed by atoms with Gasteiger partial charge >= 0.3 is 12.1 Å². The number of carbonyl (C=O) groups is 2. The Morgan fingerprint density at radius 1 is 0.892 bits per heavy atom. The maximum absolute atomic E-state index is 13.8. The lowest BCUT2D eigenvalue weighted by atomic mass is 9.84. The smallest absolute Gasteiger partial charge is 0.322 e. The van der Waals surface area contributed by atoms with E-state index in [0.717, 1.165) is 43.7 Å². The summed E-state index contributed by atoms with van der Waals surface area (Å²) in [4.78, 5) is 31.1. The van der Waals surface area contributed by atoms with Crippen molar-refractivity contribution in [1.29, 1.82) is 0 Å². The molecule has 2 aliphatic rings. The van der Waals surface area contributed by atoms with E-state index in [-0.39, 0.29) is 18.1 Å². The zero-order valence-corrected chi connectivity index (χ0v) is 22.2. The van der Waals surface area contributed by atoms with Crippen molar-refractivity contribution in [2.24, 2.45) is 5.92 Å². The number of likely N-dealkylation sites (N-methyl/N-ethyl adjacent to an activating group) is 1. The molecule has 1 aliphatic carbocycles. The van der Waals surface area contributed by atoms with E-state index in [1.807, 2.05) is 65.6 Å². The molecule has 3 N–H and O–H groups in total. The SMILES string of the molecule is CCN1CCC[C@H]1CN(C(=O)Nc1ccccc1)[C@@H](CNC(=O)Nc1ccccc1)CC1CCCCC1. The van der Waals surface area contributed by atoms with Crippen LogP contribution in [0.4, 0.5) is 21.0 Å². The number of carbonyl (C=O) groups excluding carboxylic acids is 2. The molecule has 0 aromatic heterocycles. The fraction of sp³-hybridized carbons (Fsp3) is 0.533. The number of amides is 4. The summed E-state index contributed by atoms with van der Waals surface area (Å²) in [5.41, 5.74) is 1.55. The highest BCUT2D eigenvalue weighted by Crippen LogP contribution is 2.30. The number of hydrogen-bond donors (Lipinski definition) is 3. The van der Waals surface area contributed by atoms with Crippen molar-refractivity contribution in [3.63, 3.8) is 0 Å². The molecule has 0 spiro atoms. The van der Waals surface area contributed by atoms with Gasteiger partial charge in [0.1, 0.15) is 0 Å². The molecule has 2 fully saturated rings. The average molecular weight is 506 g/mol. The zero-order valence-electron chi connectivity index (χ0n) is 22.2. The molecule has 2 atom stereocenters. The zero-order chi connectivity index (χ0) is 25.9. The van der Waals surface area contributed by atoms with Gasteiger partial charge in [-0.15, -0.1) is 0 Å². The van der Waals surface area contributed by atoms with Gasteiger partial charge in [-0.05, 0) is 62.5 Å². The summed E-state index contributed by atoms with van der Waals surface area (Å²) in [7, 11) is 0. The summed E-state index contributed by atoms with van der Waals surface area (Å²) in [6, 6.07) is 19.1. The first-order valence-electron chi connectivity index (χ1n) is 14.1. The molecule has 0 radical (unpaired) electrons. The van der Waals surface area contributed by atoms with Crippen LogP contribution in [-0.4, -0.2) is 60.1 Å².